The molecule has 4 rings (SSSR count). The highest BCUT2D eigenvalue weighted by Gasteiger charge is 2.25. The van der Waals surface area contributed by atoms with Crippen molar-refractivity contribution in [3.63, 3.8) is 0 Å². The maximum absolute atomic E-state index is 12.7. The van der Waals surface area contributed by atoms with Gasteiger partial charge in [0.05, 0.1) is 11.6 Å². The van der Waals surface area contributed by atoms with Gasteiger partial charge in [0, 0.05) is 55.0 Å². The molecule has 0 aliphatic carbocycles. The maximum atomic E-state index is 12.7. The fourth-order valence-electron chi connectivity index (χ4n) is 3.86. The molecule has 146 valence electrons. The van der Waals surface area contributed by atoms with Crippen LogP contribution in [0.4, 0.5) is 0 Å². The number of imidazole rings is 1. The zero-order chi connectivity index (χ0) is 20.2. The molecule has 0 bridgehead atoms. The highest BCUT2D eigenvalue weighted by molar-refractivity contribution is 5.94. The molecule has 0 radical (unpaired) electrons. The van der Waals surface area contributed by atoms with Crippen molar-refractivity contribution in [1.82, 2.24) is 19.4 Å². The van der Waals surface area contributed by atoms with E-state index >= 15 is 0 Å². The van der Waals surface area contributed by atoms with E-state index < -0.39 is 0 Å². The van der Waals surface area contributed by atoms with Gasteiger partial charge in [0.15, 0.2) is 0 Å². The molecule has 2 aromatic heterocycles. The second kappa shape index (κ2) is 8.27. The molecule has 0 N–H and O–H groups in total. The normalized spacial score (nSPS) is 14.6. The minimum absolute atomic E-state index is 0.0443. The number of benzene rings is 1. The Kier molecular flexibility index (Phi) is 5.39. The van der Waals surface area contributed by atoms with Gasteiger partial charge < -0.3 is 9.47 Å². The van der Waals surface area contributed by atoms with Gasteiger partial charge in [-0.15, -0.1) is 0 Å². The quantitative estimate of drug-likeness (QED) is 0.687. The summed E-state index contributed by atoms with van der Waals surface area (Å²) in [5.74, 6) is 1.50. The Balaban J connectivity index is 1.40. The third kappa shape index (κ3) is 4.04. The predicted molar refractivity (Wildman–Crippen MR) is 110 cm³/mol. The number of carbonyl (C=O) groups excluding carboxylic acids is 1. The molecule has 3 heterocycles. The van der Waals surface area contributed by atoms with Crippen LogP contribution in [0.2, 0.25) is 0 Å². The standard InChI is InChI=1S/C23H23N5O/c1-17-14-26-22(21-3-2-10-25-15-21)28(17)16-19-8-11-27(12-9-19)23(29)20-6-4-18(13-24)5-7-20/h2-7,10,14-15,19H,8-9,11-12,16H2,1H3. The van der Waals surface area contributed by atoms with E-state index in [0.717, 1.165) is 49.6 Å². The summed E-state index contributed by atoms with van der Waals surface area (Å²) in [7, 11) is 0. The van der Waals surface area contributed by atoms with Crippen molar-refractivity contribution in [2.75, 3.05) is 13.1 Å². The summed E-state index contributed by atoms with van der Waals surface area (Å²) in [4.78, 5) is 23.5. The SMILES string of the molecule is Cc1cnc(-c2cccnc2)n1CC1CCN(C(=O)c2ccc(C#N)cc2)CC1. The number of hydrogen-bond donors (Lipinski definition) is 0. The van der Waals surface area contributed by atoms with Gasteiger partial charge in [0.2, 0.25) is 0 Å². The topological polar surface area (TPSA) is 74.8 Å². The molecule has 1 aliphatic rings. The lowest BCUT2D eigenvalue weighted by molar-refractivity contribution is 0.0683. The van der Waals surface area contributed by atoms with Crippen LogP contribution in [0.1, 0.15) is 34.5 Å². The number of likely N-dealkylation sites (tertiary alicyclic amines) is 1. The highest BCUT2D eigenvalue weighted by Crippen LogP contribution is 2.25. The Morgan fingerprint density at radius 1 is 1.17 bits per heavy atom. The first-order valence-electron chi connectivity index (χ1n) is 9.87. The first-order valence-corrected chi connectivity index (χ1v) is 9.87. The zero-order valence-corrected chi connectivity index (χ0v) is 16.5. The maximum Gasteiger partial charge on any atom is 0.253 e. The molecule has 0 atom stereocenters. The number of rotatable bonds is 4. The molecule has 1 aliphatic heterocycles. The van der Waals surface area contributed by atoms with Crippen molar-refractivity contribution in [2.24, 2.45) is 5.92 Å². The molecule has 6 heteroatoms. The van der Waals surface area contributed by atoms with Crippen LogP contribution in [0.3, 0.4) is 0 Å². The van der Waals surface area contributed by atoms with E-state index in [4.69, 9.17) is 5.26 Å². The first kappa shape index (κ1) is 18.9. The molecular weight excluding hydrogens is 362 g/mol. The highest BCUT2D eigenvalue weighted by atomic mass is 16.2. The van der Waals surface area contributed by atoms with Gasteiger partial charge in [0.1, 0.15) is 5.82 Å². The van der Waals surface area contributed by atoms with Crippen molar-refractivity contribution in [3.05, 3.63) is 71.8 Å². The second-order valence-electron chi connectivity index (χ2n) is 7.50. The Bertz CT molecular complexity index is 1030. The van der Waals surface area contributed by atoms with E-state index in [0.29, 0.717) is 17.0 Å². The summed E-state index contributed by atoms with van der Waals surface area (Å²) in [6, 6.07) is 12.9. The van der Waals surface area contributed by atoms with Crippen molar-refractivity contribution in [2.45, 2.75) is 26.3 Å². The Hall–Kier alpha value is -3.46. The fourth-order valence-corrected chi connectivity index (χ4v) is 3.86. The van der Waals surface area contributed by atoms with Crippen LogP contribution in [0, 0.1) is 24.2 Å². The predicted octanol–water partition coefficient (Wildman–Crippen LogP) is 3.68. The number of amides is 1. The summed E-state index contributed by atoms with van der Waals surface area (Å²) in [5.41, 5.74) is 3.38. The van der Waals surface area contributed by atoms with E-state index in [9.17, 15) is 4.79 Å². The van der Waals surface area contributed by atoms with Crippen LogP contribution in [0.25, 0.3) is 11.4 Å². The molecule has 3 aromatic rings. The van der Waals surface area contributed by atoms with Crippen LogP contribution in [-0.2, 0) is 6.54 Å². The molecule has 0 unspecified atom stereocenters. The molecule has 1 amide bonds. The first-order chi connectivity index (χ1) is 14.2. The van der Waals surface area contributed by atoms with Crippen LogP contribution in [0.15, 0.2) is 55.0 Å². The molecule has 1 fully saturated rings. The second-order valence-corrected chi connectivity index (χ2v) is 7.50. The zero-order valence-electron chi connectivity index (χ0n) is 16.5. The minimum atomic E-state index is 0.0443. The van der Waals surface area contributed by atoms with Crippen LogP contribution in [0.5, 0.6) is 0 Å². The van der Waals surface area contributed by atoms with E-state index in [1.165, 1.54) is 0 Å². The molecule has 0 saturated carbocycles. The van der Waals surface area contributed by atoms with Crippen LogP contribution >= 0.6 is 0 Å². The average molecular weight is 385 g/mol. The van der Waals surface area contributed by atoms with Gasteiger partial charge in [-0.1, -0.05) is 0 Å². The summed E-state index contributed by atoms with van der Waals surface area (Å²) >= 11 is 0. The number of nitrogens with zero attached hydrogens (tertiary/aromatic N) is 5. The number of hydrogen-bond acceptors (Lipinski definition) is 4. The largest absolute Gasteiger partial charge is 0.339 e. The van der Waals surface area contributed by atoms with Gasteiger partial charge >= 0.3 is 0 Å². The summed E-state index contributed by atoms with van der Waals surface area (Å²) < 4.78 is 2.26. The van der Waals surface area contributed by atoms with Gasteiger partial charge in [0.25, 0.3) is 5.91 Å². The number of pyridine rings is 1. The number of piperidine rings is 1. The summed E-state index contributed by atoms with van der Waals surface area (Å²) in [6.07, 6.45) is 7.45. The van der Waals surface area contributed by atoms with Crippen molar-refractivity contribution < 1.29 is 4.79 Å². The van der Waals surface area contributed by atoms with E-state index in [1.807, 2.05) is 29.4 Å². The third-order valence-corrected chi connectivity index (χ3v) is 5.58. The number of carbonyl (C=O) groups is 1. The molecule has 1 saturated heterocycles. The van der Waals surface area contributed by atoms with Crippen LogP contribution < -0.4 is 0 Å². The molecule has 6 nitrogen and oxygen atoms in total. The minimum Gasteiger partial charge on any atom is -0.339 e. The lowest BCUT2D eigenvalue weighted by Gasteiger charge is -2.32. The summed E-state index contributed by atoms with van der Waals surface area (Å²) in [6.45, 7) is 4.48. The molecule has 0 spiro atoms. The third-order valence-electron chi connectivity index (χ3n) is 5.58. The van der Waals surface area contributed by atoms with E-state index in [1.54, 1.807) is 30.5 Å². The number of nitriles is 1. The van der Waals surface area contributed by atoms with E-state index in [-0.39, 0.29) is 5.91 Å². The Labute approximate surface area is 170 Å². The Morgan fingerprint density at radius 3 is 2.59 bits per heavy atom. The van der Waals surface area contributed by atoms with Crippen molar-refractivity contribution in [1.29, 1.82) is 5.26 Å². The average Bonchev–Trinajstić information content (AvgIpc) is 3.14. The molecule has 1 aromatic carbocycles. The monoisotopic (exact) mass is 385 g/mol. The van der Waals surface area contributed by atoms with Crippen LogP contribution in [-0.4, -0.2) is 38.4 Å². The summed E-state index contributed by atoms with van der Waals surface area (Å²) in [5, 5.41) is 8.91. The van der Waals surface area contributed by atoms with Gasteiger partial charge in [-0.2, -0.15) is 5.26 Å². The van der Waals surface area contributed by atoms with E-state index in [2.05, 4.69) is 27.5 Å². The van der Waals surface area contributed by atoms with Gasteiger partial charge in [-0.3, -0.25) is 9.78 Å². The van der Waals surface area contributed by atoms with Gasteiger partial charge in [-0.05, 0) is 62.1 Å². The fraction of sp³-hybridized carbons (Fsp3) is 0.304. The van der Waals surface area contributed by atoms with Crippen molar-refractivity contribution in [3.8, 4) is 17.5 Å². The molecule has 29 heavy (non-hydrogen) atoms. The lowest BCUT2D eigenvalue weighted by atomic mass is 9.95. The van der Waals surface area contributed by atoms with Crippen molar-refractivity contribution >= 4 is 5.91 Å². The Morgan fingerprint density at radius 2 is 1.93 bits per heavy atom. The smallest absolute Gasteiger partial charge is 0.253 e. The number of aromatic nitrogens is 3. The van der Waals surface area contributed by atoms with Gasteiger partial charge in [-0.25, -0.2) is 4.98 Å². The number of aryl methyl sites for hydroxylation is 1. The molecular formula is C23H23N5O. The lowest BCUT2D eigenvalue weighted by Crippen LogP contribution is -2.39.